The van der Waals surface area contributed by atoms with Crippen molar-refractivity contribution >= 4 is 17.7 Å². The molecular weight excluding hydrogens is 318 g/mol. The Kier molecular flexibility index (Phi) is 4.20. The Balaban J connectivity index is 1.89. The van der Waals surface area contributed by atoms with Crippen molar-refractivity contribution in [3.05, 3.63) is 58.9 Å². The maximum atomic E-state index is 13.0. The Morgan fingerprint density at radius 2 is 1.84 bits per heavy atom. The first kappa shape index (κ1) is 17.0. The first-order chi connectivity index (χ1) is 11.9. The Labute approximate surface area is 146 Å². The van der Waals surface area contributed by atoms with Gasteiger partial charge >= 0.3 is 6.03 Å². The second-order valence-electron chi connectivity index (χ2n) is 6.36. The van der Waals surface area contributed by atoms with Crippen molar-refractivity contribution in [1.82, 2.24) is 15.2 Å². The average Bonchev–Trinajstić information content (AvgIpc) is 3.06. The molecule has 2 aromatic rings. The van der Waals surface area contributed by atoms with Gasteiger partial charge in [0.2, 0.25) is 0 Å². The summed E-state index contributed by atoms with van der Waals surface area (Å²) >= 11 is 0. The number of imide groups is 1. The summed E-state index contributed by atoms with van der Waals surface area (Å²) in [6, 6.07) is 10.3. The predicted octanol–water partition coefficient (Wildman–Crippen LogP) is 2.67. The number of rotatable bonds is 5. The van der Waals surface area contributed by atoms with Gasteiger partial charge in [0.05, 0.1) is 6.54 Å². The van der Waals surface area contributed by atoms with Gasteiger partial charge in [0.25, 0.3) is 5.91 Å². The second-order valence-corrected chi connectivity index (χ2v) is 6.36. The van der Waals surface area contributed by atoms with Gasteiger partial charge in [0.1, 0.15) is 5.54 Å². The van der Waals surface area contributed by atoms with Crippen LogP contribution in [0.15, 0.2) is 36.4 Å². The van der Waals surface area contributed by atoms with E-state index in [4.69, 9.17) is 0 Å². The number of amides is 3. The highest BCUT2D eigenvalue weighted by atomic mass is 16.2. The summed E-state index contributed by atoms with van der Waals surface area (Å²) in [5.74, 6) is -0.644. The Bertz CT molecular complexity index is 841. The van der Waals surface area contributed by atoms with Gasteiger partial charge in [-0.2, -0.15) is 0 Å². The minimum absolute atomic E-state index is 0.259. The van der Waals surface area contributed by atoms with Crippen molar-refractivity contribution in [1.29, 1.82) is 0 Å². The molecule has 1 fully saturated rings. The fourth-order valence-electron chi connectivity index (χ4n) is 3.37. The van der Waals surface area contributed by atoms with Crippen LogP contribution < -0.4 is 5.32 Å². The molecule has 3 amide bonds. The molecule has 1 aliphatic rings. The van der Waals surface area contributed by atoms with Gasteiger partial charge in [-0.05, 0) is 31.9 Å². The minimum atomic E-state index is -1.11. The summed E-state index contributed by atoms with van der Waals surface area (Å²) in [6.07, 6.45) is 0.411. The molecule has 2 N–H and O–H groups in total. The van der Waals surface area contributed by atoms with E-state index in [2.05, 4.69) is 10.3 Å². The number of nitrogens with zero attached hydrogens (tertiary/aromatic N) is 1. The van der Waals surface area contributed by atoms with Crippen LogP contribution in [0.1, 0.15) is 40.7 Å². The van der Waals surface area contributed by atoms with Crippen LogP contribution in [0, 0.1) is 13.8 Å². The third-order valence-corrected chi connectivity index (χ3v) is 4.72. The number of aromatic nitrogens is 1. The Morgan fingerprint density at radius 1 is 1.16 bits per heavy atom. The van der Waals surface area contributed by atoms with Gasteiger partial charge < -0.3 is 10.3 Å². The summed E-state index contributed by atoms with van der Waals surface area (Å²) in [7, 11) is 0. The van der Waals surface area contributed by atoms with Gasteiger partial charge in [-0.25, -0.2) is 4.79 Å². The number of benzene rings is 1. The van der Waals surface area contributed by atoms with Crippen LogP contribution in [0.4, 0.5) is 4.79 Å². The molecule has 1 saturated heterocycles. The van der Waals surface area contributed by atoms with E-state index in [-0.39, 0.29) is 18.2 Å². The second kappa shape index (κ2) is 6.20. The van der Waals surface area contributed by atoms with E-state index in [1.807, 2.05) is 44.2 Å². The zero-order chi connectivity index (χ0) is 18.2. The standard InChI is InChI=1S/C19H21N3O3/c1-4-19(14-8-6-5-7-9-14)17(24)22(18(25)21-19)11-16(23)15-10-12(2)20-13(15)3/h5-10,20H,4,11H2,1-3H3,(H,21,25)/t19-/m0/s1. The third-order valence-electron chi connectivity index (χ3n) is 4.72. The van der Waals surface area contributed by atoms with Crippen molar-refractivity contribution in [3.63, 3.8) is 0 Å². The lowest BCUT2D eigenvalue weighted by Gasteiger charge is -2.25. The van der Waals surface area contributed by atoms with Gasteiger partial charge in [0, 0.05) is 17.0 Å². The largest absolute Gasteiger partial charge is 0.362 e. The van der Waals surface area contributed by atoms with E-state index in [1.165, 1.54) is 0 Å². The van der Waals surface area contributed by atoms with Crippen LogP contribution in [0.25, 0.3) is 0 Å². The summed E-state index contributed by atoms with van der Waals surface area (Å²) in [6.45, 7) is 5.23. The van der Waals surface area contributed by atoms with Crippen LogP contribution in [-0.4, -0.2) is 34.2 Å². The number of Topliss-reactive ketones (excluding diaryl/α,β-unsaturated/α-hetero) is 1. The van der Waals surface area contributed by atoms with Crippen LogP contribution in [0.5, 0.6) is 0 Å². The van der Waals surface area contributed by atoms with Crippen molar-refractivity contribution < 1.29 is 14.4 Å². The number of hydrogen-bond acceptors (Lipinski definition) is 3. The predicted molar refractivity (Wildman–Crippen MR) is 93.3 cm³/mol. The number of H-pyrrole nitrogens is 1. The summed E-state index contributed by atoms with van der Waals surface area (Å²) < 4.78 is 0. The van der Waals surface area contributed by atoms with Crippen molar-refractivity contribution in [3.8, 4) is 0 Å². The number of nitrogens with one attached hydrogen (secondary N) is 2. The molecule has 2 heterocycles. The number of aromatic amines is 1. The lowest BCUT2D eigenvalue weighted by atomic mass is 9.87. The number of carbonyl (C=O) groups excluding carboxylic acids is 3. The summed E-state index contributed by atoms with van der Waals surface area (Å²) in [4.78, 5) is 42.1. The van der Waals surface area contributed by atoms with Crippen LogP contribution in [0.3, 0.4) is 0 Å². The number of hydrogen-bond donors (Lipinski definition) is 2. The fourth-order valence-corrected chi connectivity index (χ4v) is 3.37. The van der Waals surface area contributed by atoms with Gasteiger partial charge in [-0.15, -0.1) is 0 Å². The number of aryl methyl sites for hydroxylation is 2. The molecule has 25 heavy (non-hydrogen) atoms. The quantitative estimate of drug-likeness (QED) is 0.649. The van der Waals surface area contributed by atoms with Crippen molar-refractivity contribution in [2.75, 3.05) is 6.54 Å². The molecule has 0 unspecified atom stereocenters. The Hall–Kier alpha value is -2.89. The average molecular weight is 339 g/mol. The molecule has 0 bridgehead atoms. The van der Waals surface area contributed by atoms with E-state index in [0.717, 1.165) is 21.9 Å². The smallest absolute Gasteiger partial charge is 0.325 e. The van der Waals surface area contributed by atoms with Crippen LogP contribution in [0.2, 0.25) is 0 Å². The number of ketones is 1. The molecule has 1 aromatic heterocycles. The van der Waals surface area contributed by atoms with Gasteiger partial charge in [-0.3, -0.25) is 14.5 Å². The van der Waals surface area contributed by atoms with Crippen molar-refractivity contribution in [2.45, 2.75) is 32.7 Å². The molecule has 0 radical (unpaired) electrons. The van der Waals surface area contributed by atoms with Crippen molar-refractivity contribution in [2.24, 2.45) is 0 Å². The molecule has 6 heteroatoms. The molecule has 6 nitrogen and oxygen atoms in total. The minimum Gasteiger partial charge on any atom is -0.362 e. The van der Waals surface area contributed by atoms with Gasteiger partial charge in [-0.1, -0.05) is 37.3 Å². The lowest BCUT2D eigenvalue weighted by Crippen LogP contribution is -2.43. The molecular formula is C19H21N3O3. The molecule has 0 saturated carbocycles. The fraction of sp³-hybridized carbons (Fsp3) is 0.316. The summed E-state index contributed by atoms with van der Waals surface area (Å²) in [5.41, 5.74) is 1.72. The highest BCUT2D eigenvalue weighted by molar-refractivity contribution is 6.11. The van der Waals surface area contributed by atoms with Crippen LogP contribution in [-0.2, 0) is 10.3 Å². The highest BCUT2D eigenvalue weighted by Gasteiger charge is 2.51. The Morgan fingerprint density at radius 3 is 2.40 bits per heavy atom. The molecule has 1 atom stereocenters. The third kappa shape index (κ3) is 2.73. The van der Waals surface area contributed by atoms with E-state index >= 15 is 0 Å². The van der Waals surface area contributed by atoms with E-state index < -0.39 is 11.6 Å². The first-order valence-corrected chi connectivity index (χ1v) is 8.28. The SMILES string of the molecule is CC[C@@]1(c2ccccc2)NC(=O)N(CC(=O)c2cc(C)[nH]c2C)C1=O. The summed E-state index contributed by atoms with van der Waals surface area (Å²) in [5, 5.41) is 2.79. The zero-order valence-electron chi connectivity index (χ0n) is 14.6. The van der Waals surface area contributed by atoms with E-state index in [9.17, 15) is 14.4 Å². The van der Waals surface area contributed by atoms with E-state index in [0.29, 0.717) is 12.0 Å². The zero-order valence-corrected chi connectivity index (χ0v) is 14.6. The van der Waals surface area contributed by atoms with E-state index in [1.54, 1.807) is 13.0 Å². The maximum absolute atomic E-state index is 13.0. The number of urea groups is 1. The topological polar surface area (TPSA) is 82.3 Å². The monoisotopic (exact) mass is 339 g/mol. The molecule has 130 valence electrons. The number of carbonyl (C=O) groups is 3. The van der Waals surface area contributed by atoms with Crippen LogP contribution >= 0.6 is 0 Å². The first-order valence-electron chi connectivity index (χ1n) is 8.28. The molecule has 0 spiro atoms. The molecule has 3 rings (SSSR count). The maximum Gasteiger partial charge on any atom is 0.325 e. The highest BCUT2D eigenvalue weighted by Crippen LogP contribution is 2.32. The van der Waals surface area contributed by atoms with Gasteiger partial charge in [0.15, 0.2) is 5.78 Å². The molecule has 1 aliphatic heterocycles. The normalized spacial score (nSPS) is 20.0. The lowest BCUT2D eigenvalue weighted by molar-refractivity contribution is -0.131. The molecule has 0 aliphatic carbocycles. The molecule has 1 aromatic carbocycles.